The van der Waals surface area contributed by atoms with Gasteiger partial charge in [-0.1, -0.05) is 40.9 Å². The van der Waals surface area contributed by atoms with Crippen molar-refractivity contribution in [3.05, 3.63) is 85.0 Å². The van der Waals surface area contributed by atoms with Crippen molar-refractivity contribution in [1.29, 1.82) is 0 Å². The zero-order valence-corrected chi connectivity index (χ0v) is 18.4. The van der Waals surface area contributed by atoms with E-state index in [0.717, 1.165) is 6.08 Å². The number of carbonyl (C=O) groups excluding carboxylic acids is 3. The number of barbiturate groups is 1. The van der Waals surface area contributed by atoms with Crippen LogP contribution >= 0.6 is 34.8 Å². The fourth-order valence-corrected chi connectivity index (χ4v) is 3.67. The number of carbonyl (C=O) groups is 3. The maximum atomic E-state index is 13.0. The van der Waals surface area contributed by atoms with Gasteiger partial charge in [-0.3, -0.25) is 25.0 Å². The summed E-state index contributed by atoms with van der Waals surface area (Å²) in [5.41, 5.74) is -0.565. The van der Waals surface area contributed by atoms with Crippen LogP contribution in [0.2, 0.25) is 15.1 Å². The van der Waals surface area contributed by atoms with Crippen LogP contribution in [-0.2, 0) is 9.59 Å². The number of urea groups is 1. The summed E-state index contributed by atoms with van der Waals surface area (Å²) in [5.74, 6) is -1.75. The topological polar surface area (TPSA) is 123 Å². The zero-order chi connectivity index (χ0) is 23.9. The van der Waals surface area contributed by atoms with Crippen molar-refractivity contribution in [2.24, 2.45) is 0 Å². The summed E-state index contributed by atoms with van der Waals surface area (Å²) in [6, 6.07) is 10.3. The number of benzene rings is 2. The predicted molar refractivity (Wildman–Crippen MR) is 121 cm³/mol. The normalized spacial score (nSPS) is 15.2. The van der Waals surface area contributed by atoms with E-state index in [9.17, 15) is 24.5 Å². The largest absolute Gasteiger partial charge is 0.456 e. The first kappa shape index (κ1) is 22.5. The van der Waals surface area contributed by atoms with Crippen LogP contribution in [0.4, 0.5) is 16.2 Å². The Bertz CT molecular complexity index is 1380. The number of nitrogens with zero attached hydrogens (tertiary/aromatic N) is 2. The van der Waals surface area contributed by atoms with Crippen molar-refractivity contribution in [2.75, 3.05) is 4.90 Å². The Kier molecular flexibility index (Phi) is 5.94. The van der Waals surface area contributed by atoms with Crippen LogP contribution in [0.25, 0.3) is 17.4 Å². The summed E-state index contributed by atoms with van der Waals surface area (Å²) in [6.07, 6.45) is 1.11. The van der Waals surface area contributed by atoms with Gasteiger partial charge in [0.15, 0.2) is 0 Å². The minimum atomic E-state index is -0.997. The number of nitro groups is 1. The third-order valence-corrected chi connectivity index (χ3v) is 5.65. The van der Waals surface area contributed by atoms with Gasteiger partial charge in [0.25, 0.3) is 17.5 Å². The fourth-order valence-electron chi connectivity index (χ4n) is 3.12. The molecule has 12 heteroatoms. The van der Waals surface area contributed by atoms with Crippen molar-refractivity contribution >= 4 is 70.1 Å². The first-order valence-electron chi connectivity index (χ1n) is 9.07. The fraction of sp³-hybridized carbons (Fsp3) is 0. The van der Waals surface area contributed by atoms with Crippen LogP contribution in [0.1, 0.15) is 5.76 Å². The van der Waals surface area contributed by atoms with E-state index < -0.39 is 28.3 Å². The monoisotopic (exact) mass is 505 g/mol. The second kappa shape index (κ2) is 8.70. The molecule has 1 fully saturated rings. The maximum absolute atomic E-state index is 13.0. The molecule has 0 aliphatic carbocycles. The Labute approximate surface area is 200 Å². The first-order chi connectivity index (χ1) is 15.7. The van der Waals surface area contributed by atoms with E-state index in [-0.39, 0.29) is 43.5 Å². The number of hydrogen-bond acceptors (Lipinski definition) is 6. The molecule has 9 nitrogen and oxygen atoms in total. The quantitative estimate of drug-likeness (QED) is 0.216. The summed E-state index contributed by atoms with van der Waals surface area (Å²) < 4.78 is 5.60. The molecule has 0 unspecified atom stereocenters. The minimum Gasteiger partial charge on any atom is -0.456 e. The average molecular weight is 507 g/mol. The Morgan fingerprint density at radius 3 is 2.52 bits per heavy atom. The standard InChI is InChI=1S/C21H10Cl3N3O6/c22-10-4-6-12(16(8-10)27(31)32)17-7-5-11(33-17)9-13-19(28)25-21(30)26(20(13)29)15-3-1-2-14(23)18(15)24/h1-9H,(H,25,28,30)/b13-9+. The van der Waals surface area contributed by atoms with E-state index in [1.165, 1.54) is 48.5 Å². The molecule has 2 heterocycles. The van der Waals surface area contributed by atoms with Gasteiger partial charge in [0, 0.05) is 11.1 Å². The number of halogens is 3. The van der Waals surface area contributed by atoms with Crippen LogP contribution in [-0.4, -0.2) is 22.8 Å². The average Bonchev–Trinajstić information content (AvgIpc) is 3.22. The predicted octanol–water partition coefficient (Wildman–Crippen LogP) is 5.48. The molecule has 33 heavy (non-hydrogen) atoms. The number of furan rings is 1. The lowest BCUT2D eigenvalue weighted by Crippen LogP contribution is -2.54. The Balaban J connectivity index is 1.73. The van der Waals surface area contributed by atoms with E-state index in [2.05, 4.69) is 5.32 Å². The molecule has 0 spiro atoms. The van der Waals surface area contributed by atoms with Crippen molar-refractivity contribution in [3.8, 4) is 11.3 Å². The van der Waals surface area contributed by atoms with Gasteiger partial charge in [0.1, 0.15) is 17.1 Å². The van der Waals surface area contributed by atoms with Gasteiger partial charge in [-0.2, -0.15) is 0 Å². The number of amides is 4. The van der Waals surface area contributed by atoms with Crippen molar-refractivity contribution < 1.29 is 23.7 Å². The van der Waals surface area contributed by atoms with Crippen LogP contribution in [0.3, 0.4) is 0 Å². The van der Waals surface area contributed by atoms with Crippen LogP contribution in [0, 0.1) is 10.1 Å². The molecule has 4 rings (SSSR count). The highest BCUT2D eigenvalue weighted by Gasteiger charge is 2.38. The van der Waals surface area contributed by atoms with Crippen LogP contribution < -0.4 is 10.2 Å². The lowest BCUT2D eigenvalue weighted by molar-refractivity contribution is -0.384. The molecule has 1 N–H and O–H groups in total. The summed E-state index contributed by atoms with van der Waals surface area (Å²) in [6.45, 7) is 0. The van der Waals surface area contributed by atoms with Crippen LogP contribution in [0.5, 0.6) is 0 Å². The number of anilines is 1. The maximum Gasteiger partial charge on any atom is 0.336 e. The molecule has 1 saturated heterocycles. The number of nitrogens with one attached hydrogen (secondary N) is 1. The summed E-state index contributed by atoms with van der Waals surface area (Å²) in [4.78, 5) is 49.1. The van der Waals surface area contributed by atoms with Gasteiger partial charge < -0.3 is 4.42 Å². The molecule has 1 aromatic heterocycles. The molecule has 0 bridgehead atoms. The summed E-state index contributed by atoms with van der Waals surface area (Å²) in [5, 5.41) is 13.6. The highest BCUT2D eigenvalue weighted by Crippen LogP contribution is 2.36. The third-order valence-electron chi connectivity index (χ3n) is 4.61. The second-order valence-electron chi connectivity index (χ2n) is 6.65. The molecule has 166 valence electrons. The molecular formula is C21H10Cl3N3O6. The van der Waals surface area contributed by atoms with Crippen molar-refractivity contribution in [2.45, 2.75) is 0 Å². The number of hydrogen-bond donors (Lipinski definition) is 1. The lowest BCUT2D eigenvalue weighted by atomic mass is 10.1. The summed E-state index contributed by atoms with van der Waals surface area (Å²) >= 11 is 17.9. The molecule has 1 aliphatic heterocycles. The molecule has 3 aromatic rings. The highest BCUT2D eigenvalue weighted by molar-refractivity contribution is 6.46. The van der Waals surface area contributed by atoms with E-state index >= 15 is 0 Å². The van der Waals surface area contributed by atoms with Gasteiger partial charge in [-0.15, -0.1) is 0 Å². The number of nitro benzene ring substituents is 1. The smallest absolute Gasteiger partial charge is 0.336 e. The van der Waals surface area contributed by atoms with E-state index in [1.807, 2.05) is 0 Å². The Morgan fingerprint density at radius 2 is 1.79 bits per heavy atom. The van der Waals surface area contributed by atoms with Crippen molar-refractivity contribution in [1.82, 2.24) is 5.32 Å². The molecule has 0 saturated carbocycles. The molecular weight excluding hydrogens is 497 g/mol. The first-order valence-corrected chi connectivity index (χ1v) is 10.2. The number of imide groups is 2. The molecule has 1 aliphatic rings. The van der Waals surface area contributed by atoms with Gasteiger partial charge in [0.2, 0.25) is 0 Å². The number of rotatable bonds is 4. The van der Waals surface area contributed by atoms with Crippen molar-refractivity contribution in [3.63, 3.8) is 0 Å². The van der Waals surface area contributed by atoms with Gasteiger partial charge in [-0.05, 0) is 42.5 Å². The third kappa shape index (κ3) is 4.21. The molecule has 0 atom stereocenters. The van der Waals surface area contributed by atoms with E-state index in [0.29, 0.717) is 4.90 Å². The van der Waals surface area contributed by atoms with E-state index in [4.69, 9.17) is 39.2 Å². The zero-order valence-electron chi connectivity index (χ0n) is 16.2. The summed E-state index contributed by atoms with van der Waals surface area (Å²) in [7, 11) is 0. The highest BCUT2D eigenvalue weighted by atomic mass is 35.5. The molecule has 4 amide bonds. The Morgan fingerprint density at radius 1 is 1.03 bits per heavy atom. The van der Waals surface area contributed by atoms with Crippen LogP contribution in [0.15, 0.2) is 58.5 Å². The Hall–Kier alpha value is -3.66. The van der Waals surface area contributed by atoms with Gasteiger partial charge >= 0.3 is 6.03 Å². The van der Waals surface area contributed by atoms with E-state index in [1.54, 1.807) is 0 Å². The van der Waals surface area contributed by atoms with Gasteiger partial charge in [0.05, 0.1) is 26.2 Å². The minimum absolute atomic E-state index is 0.0120. The molecule has 2 aromatic carbocycles. The SMILES string of the molecule is O=C1NC(=O)N(c2cccc(Cl)c2Cl)C(=O)/C1=C/c1ccc(-c2ccc(Cl)cc2[N+](=O)[O-])o1. The lowest BCUT2D eigenvalue weighted by Gasteiger charge is -2.27. The van der Waals surface area contributed by atoms with Gasteiger partial charge in [-0.25, -0.2) is 9.69 Å². The molecule has 0 radical (unpaired) electrons. The second-order valence-corrected chi connectivity index (χ2v) is 7.87.